The van der Waals surface area contributed by atoms with Crippen LogP contribution in [0.5, 0.6) is 0 Å². The molecule has 5 heteroatoms. The van der Waals surface area contributed by atoms with E-state index in [2.05, 4.69) is 17.4 Å². The van der Waals surface area contributed by atoms with E-state index in [1.165, 1.54) is 11.8 Å². The monoisotopic (exact) mass is 285 g/mol. The highest BCUT2D eigenvalue weighted by Gasteiger charge is 2.00. The van der Waals surface area contributed by atoms with Gasteiger partial charge in [0.25, 0.3) is 0 Å². The fourth-order valence-corrected chi connectivity index (χ4v) is 2.30. The molecule has 0 saturated heterocycles. The molecule has 108 valence electrons. The van der Waals surface area contributed by atoms with Crippen LogP contribution in [-0.2, 0) is 21.1 Å². The van der Waals surface area contributed by atoms with E-state index in [9.17, 15) is 8.42 Å². The highest BCUT2D eigenvalue weighted by molar-refractivity contribution is 7.90. The van der Waals surface area contributed by atoms with E-state index in [0.717, 1.165) is 19.5 Å². The Kier molecular flexibility index (Phi) is 7.70. The zero-order valence-electron chi connectivity index (χ0n) is 11.5. The van der Waals surface area contributed by atoms with Crippen molar-refractivity contribution in [2.75, 3.05) is 31.8 Å². The van der Waals surface area contributed by atoms with E-state index in [1.807, 2.05) is 18.2 Å². The van der Waals surface area contributed by atoms with Gasteiger partial charge >= 0.3 is 0 Å². The first-order valence-electron chi connectivity index (χ1n) is 6.58. The molecule has 0 bridgehead atoms. The Morgan fingerprint density at radius 2 is 1.79 bits per heavy atom. The van der Waals surface area contributed by atoms with Crippen LogP contribution >= 0.6 is 0 Å². The molecule has 19 heavy (non-hydrogen) atoms. The number of hydrogen-bond acceptors (Lipinski definition) is 4. The lowest BCUT2D eigenvalue weighted by molar-refractivity contribution is 0.132. The summed E-state index contributed by atoms with van der Waals surface area (Å²) in [5, 5.41) is 3.34. The van der Waals surface area contributed by atoms with Crippen molar-refractivity contribution in [3.63, 3.8) is 0 Å². The van der Waals surface area contributed by atoms with Crippen molar-refractivity contribution in [1.29, 1.82) is 0 Å². The number of ether oxygens (including phenoxy) is 1. The number of hydrogen-bond donors (Lipinski definition) is 1. The predicted octanol–water partition coefficient (Wildman–Crippen LogP) is 1.62. The normalized spacial score (nSPS) is 11.6. The van der Waals surface area contributed by atoms with Gasteiger partial charge in [0.05, 0.1) is 5.75 Å². The summed E-state index contributed by atoms with van der Waals surface area (Å²) in [4.78, 5) is 0. The van der Waals surface area contributed by atoms with E-state index in [0.29, 0.717) is 19.6 Å². The lowest BCUT2D eigenvalue weighted by Crippen LogP contribution is -2.16. The van der Waals surface area contributed by atoms with Crippen molar-refractivity contribution in [3.05, 3.63) is 35.9 Å². The van der Waals surface area contributed by atoms with Gasteiger partial charge in [-0.1, -0.05) is 30.3 Å². The van der Waals surface area contributed by atoms with Crippen LogP contribution in [0.4, 0.5) is 0 Å². The molecule has 1 aromatic rings. The van der Waals surface area contributed by atoms with E-state index in [4.69, 9.17) is 4.74 Å². The average Bonchev–Trinajstić information content (AvgIpc) is 2.37. The van der Waals surface area contributed by atoms with Crippen LogP contribution in [0.15, 0.2) is 30.3 Å². The first kappa shape index (κ1) is 16.1. The first-order chi connectivity index (χ1) is 9.08. The maximum atomic E-state index is 10.9. The third-order valence-electron chi connectivity index (χ3n) is 2.62. The lowest BCUT2D eigenvalue weighted by atomic mass is 10.2. The van der Waals surface area contributed by atoms with E-state index in [1.54, 1.807) is 0 Å². The molecular formula is C14H23NO3S. The van der Waals surface area contributed by atoms with Crippen LogP contribution in [-0.4, -0.2) is 40.2 Å². The summed E-state index contributed by atoms with van der Waals surface area (Å²) in [5.74, 6) is 0.208. The van der Waals surface area contributed by atoms with Crippen molar-refractivity contribution in [2.24, 2.45) is 0 Å². The fraction of sp³-hybridized carbons (Fsp3) is 0.571. The number of nitrogens with one attached hydrogen (secondary N) is 1. The van der Waals surface area contributed by atoms with Crippen LogP contribution in [0.2, 0.25) is 0 Å². The molecule has 0 fully saturated rings. The summed E-state index contributed by atoms with van der Waals surface area (Å²) >= 11 is 0. The molecule has 0 radical (unpaired) electrons. The van der Waals surface area contributed by atoms with Crippen molar-refractivity contribution in [1.82, 2.24) is 5.32 Å². The zero-order chi connectivity index (χ0) is 14.0. The Labute approximate surface area is 116 Å². The van der Waals surface area contributed by atoms with Gasteiger partial charge in [-0.05, 0) is 24.9 Å². The number of rotatable bonds is 10. The summed E-state index contributed by atoms with van der Waals surface area (Å²) in [7, 11) is -2.85. The second-order valence-electron chi connectivity index (χ2n) is 4.61. The van der Waals surface area contributed by atoms with Crippen molar-refractivity contribution in [2.45, 2.75) is 19.4 Å². The molecule has 0 aliphatic carbocycles. The molecule has 1 rings (SSSR count). The molecule has 0 aliphatic heterocycles. The third kappa shape index (κ3) is 9.64. The Morgan fingerprint density at radius 1 is 1.11 bits per heavy atom. The summed E-state index contributed by atoms with van der Waals surface area (Å²) < 4.78 is 27.1. The van der Waals surface area contributed by atoms with Crippen LogP contribution in [0.3, 0.4) is 0 Å². The molecule has 1 aromatic carbocycles. The molecular weight excluding hydrogens is 262 g/mol. The highest BCUT2D eigenvalue weighted by atomic mass is 32.2. The lowest BCUT2D eigenvalue weighted by Gasteiger charge is -2.06. The quantitative estimate of drug-likeness (QED) is 0.664. The molecule has 0 atom stereocenters. The Morgan fingerprint density at radius 3 is 2.47 bits per heavy atom. The summed E-state index contributed by atoms with van der Waals surface area (Å²) in [6.07, 6.45) is 2.77. The minimum Gasteiger partial charge on any atom is -0.381 e. The first-order valence-corrected chi connectivity index (χ1v) is 8.64. The topological polar surface area (TPSA) is 55.4 Å². The largest absolute Gasteiger partial charge is 0.381 e. The van der Waals surface area contributed by atoms with E-state index < -0.39 is 9.84 Å². The van der Waals surface area contributed by atoms with Gasteiger partial charge in [0, 0.05) is 26.0 Å². The van der Waals surface area contributed by atoms with Gasteiger partial charge in [-0.2, -0.15) is 0 Å². The molecule has 0 heterocycles. The second-order valence-corrected chi connectivity index (χ2v) is 6.87. The van der Waals surface area contributed by atoms with Gasteiger partial charge in [-0.3, -0.25) is 0 Å². The Bertz CT molecular complexity index is 431. The van der Waals surface area contributed by atoms with E-state index >= 15 is 0 Å². The van der Waals surface area contributed by atoms with Gasteiger partial charge in [-0.25, -0.2) is 8.42 Å². The van der Waals surface area contributed by atoms with Gasteiger partial charge in [0.15, 0.2) is 0 Å². The van der Waals surface area contributed by atoms with Crippen molar-refractivity contribution in [3.8, 4) is 0 Å². The smallest absolute Gasteiger partial charge is 0.147 e. The van der Waals surface area contributed by atoms with E-state index in [-0.39, 0.29) is 5.75 Å². The zero-order valence-corrected chi connectivity index (χ0v) is 12.3. The van der Waals surface area contributed by atoms with Crippen LogP contribution in [0.1, 0.15) is 18.4 Å². The predicted molar refractivity (Wildman–Crippen MR) is 77.9 cm³/mol. The molecule has 0 aliphatic rings. The molecule has 1 N–H and O–H groups in total. The molecule has 4 nitrogen and oxygen atoms in total. The summed E-state index contributed by atoms with van der Waals surface area (Å²) in [6, 6.07) is 10.3. The van der Waals surface area contributed by atoms with Gasteiger partial charge in [0.2, 0.25) is 0 Å². The Hall–Kier alpha value is -0.910. The van der Waals surface area contributed by atoms with Crippen molar-refractivity contribution < 1.29 is 13.2 Å². The van der Waals surface area contributed by atoms with Gasteiger partial charge in [-0.15, -0.1) is 0 Å². The maximum absolute atomic E-state index is 10.9. The fourth-order valence-electron chi connectivity index (χ4n) is 1.65. The standard InChI is InChI=1S/C14H23NO3S/c1-19(16,17)12-6-11-18-10-5-9-15-13-14-7-3-2-4-8-14/h2-4,7-8,15H,5-6,9-13H2,1H3. The van der Waals surface area contributed by atoms with Gasteiger partial charge in [0.1, 0.15) is 9.84 Å². The molecule has 0 amide bonds. The number of benzene rings is 1. The SMILES string of the molecule is CS(=O)(=O)CCCOCCCNCc1ccccc1. The minimum absolute atomic E-state index is 0.208. The summed E-state index contributed by atoms with van der Waals surface area (Å²) in [6.45, 7) is 2.97. The number of sulfone groups is 1. The second kappa shape index (κ2) is 9.07. The highest BCUT2D eigenvalue weighted by Crippen LogP contribution is 1.97. The molecule has 0 unspecified atom stereocenters. The molecule has 0 spiro atoms. The van der Waals surface area contributed by atoms with Crippen molar-refractivity contribution >= 4 is 9.84 Å². The van der Waals surface area contributed by atoms with Gasteiger partial charge < -0.3 is 10.1 Å². The van der Waals surface area contributed by atoms with Crippen LogP contribution < -0.4 is 5.32 Å². The summed E-state index contributed by atoms with van der Waals surface area (Å²) in [5.41, 5.74) is 1.27. The minimum atomic E-state index is -2.85. The van der Waals surface area contributed by atoms with Crippen LogP contribution in [0, 0.1) is 0 Å². The third-order valence-corrected chi connectivity index (χ3v) is 3.65. The van der Waals surface area contributed by atoms with Crippen LogP contribution in [0.25, 0.3) is 0 Å². The molecule has 0 saturated carbocycles. The maximum Gasteiger partial charge on any atom is 0.147 e. The average molecular weight is 285 g/mol. The molecule has 0 aromatic heterocycles. The Balaban J connectivity index is 1.89.